The molecule has 1 aromatic carbocycles. The number of carbonyl (C=O) groups excluding carboxylic acids is 4. The highest BCUT2D eigenvalue weighted by atomic mass is 16.5. The van der Waals surface area contributed by atoms with E-state index in [1.165, 1.54) is 6.92 Å². The van der Waals surface area contributed by atoms with Crippen LogP contribution in [-0.2, 0) is 9.59 Å². The zero-order valence-electron chi connectivity index (χ0n) is 18.1. The second-order valence-corrected chi connectivity index (χ2v) is 5.65. The van der Waals surface area contributed by atoms with Crippen molar-refractivity contribution in [3.63, 3.8) is 0 Å². The third-order valence-electron chi connectivity index (χ3n) is 4.08. The normalized spacial score (nSPS) is 12.9. The molecule has 0 radical (unpaired) electrons. The van der Waals surface area contributed by atoms with Crippen molar-refractivity contribution in [3.8, 4) is 5.75 Å². The van der Waals surface area contributed by atoms with Gasteiger partial charge >= 0.3 is 0 Å². The molecule has 1 heterocycles. The molecule has 0 N–H and O–H groups in total. The Labute approximate surface area is 168 Å². The van der Waals surface area contributed by atoms with Crippen LogP contribution in [0.4, 0.5) is 0 Å². The second kappa shape index (κ2) is 12.8. The topological polar surface area (TPSA) is 80.8 Å². The van der Waals surface area contributed by atoms with Crippen LogP contribution in [0.25, 0.3) is 0 Å². The molecular formula is C22H33NO5. The van der Waals surface area contributed by atoms with Crippen LogP contribution in [0.3, 0.4) is 0 Å². The first-order valence-corrected chi connectivity index (χ1v) is 10.1. The Morgan fingerprint density at radius 2 is 1.64 bits per heavy atom. The number of rotatable bonds is 8. The Morgan fingerprint density at radius 1 is 1.04 bits per heavy atom. The lowest BCUT2D eigenvalue weighted by atomic mass is 10.0. The summed E-state index contributed by atoms with van der Waals surface area (Å²) in [7, 11) is 0. The molecule has 156 valence electrons. The minimum absolute atomic E-state index is 0.00661. The molecule has 0 spiro atoms. The van der Waals surface area contributed by atoms with Crippen molar-refractivity contribution in [2.24, 2.45) is 0 Å². The second-order valence-electron chi connectivity index (χ2n) is 5.65. The van der Waals surface area contributed by atoms with Gasteiger partial charge in [0.05, 0.1) is 23.8 Å². The third-order valence-corrected chi connectivity index (χ3v) is 4.08. The van der Waals surface area contributed by atoms with E-state index in [-0.39, 0.29) is 35.5 Å². The first-order chi connectivity index (χ1) is 13.4. The van der Waals surface area contributed by atoms with Crippen LogP contribution in [0.2, 0.25) is 0 Å². The first kappa shape index (κ1) is 25.5. The van der Waals surface area contributed by atoms with Gasteiger partial charge in [0.2, 0.25) is 0 Å². The molecule has 0 saturated carbocycles. The SMILES string of the molecule is CC.CC.CCOc1cccc2c1C(=O)N(C(CCC(=O)CC)C(C)=O)C2=O. The highest BCUT2D eigenvalue weighted by molar-refractivity contribution is 6.24. The predicted molar refractivity (Wildman–Crippen MR) is 110 cm³/mol. The molecule has 0 fully saturated rings. The molecule has 2 amide bonds. The minimum atomic E-state index is -0.928. The standard InChI is InChI=1S/C18H21NO5.2C2H6/c1-4-12(21)9-10-14(11(3)20)19-17(22)13-7-6-8-15(24-5-2)16(13)18(19)23;2*1-2/h6-8,14H,4-5,9-10H2,1-3H3;2*1-2H3. The van der Waals surface area contributed by atoms with Gasteiger partial charge in [0.15, 0.2) is 5.78 Å². The molecule has 1 aliphatic rings. The predicted octanol–water partition coefficient (Wildman–Crippen LogP) is 4.45. The van der Waals surface area contributed by atoms with Crippen molar-refractivity contribution < 1.29 is 23.9 Å². The quantitative estimate of drug-likeness (QED) is 0.612. The van der Waals surface area contributed by atoms with E-state index in [9.17, 15) is 19.2 Å². The van der Waals surface area contributed by atoms with Crippen LogP contribution in [0, 0.1) is 0 Å². The number of hydrogen-bond acceptors (Lipinski definition) is 5. The molecule has 0 aromatic heterocycles. The van der Waals surface area contributed by atoms with Crippen LogP contribution >= 0.6 is 0 Å². The van der Waals surface area contributed by atoms with Gasteiger partial charge < -0.3 is 4.74 Å². The zero-order chi connectivity index (χ0) is 21.9. The monoisotopic (exact) mass is 391 g/mol. The van der Waals surface area contributed by atoms with Crippen molar-refractivity contribution >= 4 is 23.4 Å². The van der Waals surface area contributed by atoms with E-state index in [0.29, 0.717) is 18.8 Å². The maximum Gasteiger partial charge on any atom is 0.266 e. The van der Waals surface area contributed by atoms with Crippen LogP contribution < -0.4 is 4.74 Å². The molecule has 0 bridgehead atoms. The summed E-state index contributed by atoms with van der Waals surface area (Å²) in [5.41, 5.74) is 0.427. The van der Waals surface area contributed by atoms with Crippen LogP contribution in [0.15, 0.2) is 18.2 Å². The van der Waals surface area contributed by atoms with Gasteiger partial charge in [-0.15, -0.1) is 0 Å². The summed E-state index contributed by atoms with van der Waals surface area (Å²) >= 11 is 0. The van der Waals surface area contributed by atoms with Gasteiger partial charge in [0, 0.05) is 12.8 Å². The first-order valence-electron chi connectivity index (χ1n) is 10.1. The number of ether oxygens (including phenoxy) is 1. The van der Waals surface area contributed by atoms with E-state index in [2.05, 4.69) is 0 Å². The van der Waals surface area contributed by atoms with Gasteiger partial charge in [-0.3, -0.25) is 24.1 Å². The molecule has 0 saturated heterocycles. The molecule has 1 aromatic rings. The Hall–Kier alpha value is -2.50. The van der Waals surface area contributed by atoms with Crippen LogP contribution in [-0.4, -0.2) is 40.9 Å². The summed E-state index contributed by atoms with van der Waals surface area (Å²) in [5.74, 6) is -1.04. The van der Waals surface area contributed by atoms with Gasteiger partial charge in [0.25, 0.3) is 11.8 Å². The minimum Gasteiger partial charge on any atom is -0.493 e. The lowest BCUT2D eigenvalue weighted by molar-refractivity contribution is -0.122. The largest absolute Gasteiger partial charge is 0.493 e. The fourth-order valence-electron chi connectivity index (χ4n) is 2.82. The highest BCUT2D eigenvalue weighted by Gasteiger charge is 2.43. The fourth-order valence-corrected chi connectivity index (χ4v) is 2.82. The molecule has 28 heavy (non-hydrogen) atoms. The Bertz CT molecular complexity index is 696. The number of ketones is 2. The summed E-state index contributed by atoms with van der Waals surface area (Å²) in [6.07, 6.45) is 0.672. The number of nitrogens with zero attached hydrogens (tertiary/aromatic N) is 1. The fraction of sp³-hybridized carbons (Fsp3) is 0.545. The van der Waals surface area contributed by atoms with Gasteiger partial charge in [-0.2, -0.15) is 0 Å². The summed E-state index contributed by atoms with van der Waals surface area (Å²) in [6, 6.07) is 3.89. The number of amides is 2. The molecule has 6 nitrogen and oxygen atoms in total. The summed E-state index contributed by atoms with van der Waals surface area (Å²) in [5, 5.41) is 0. The summed E-state index contributed by atoms with van der Waals surface area (Å²) in [4.78, 5) is 49.9. The average Bonchev–Trinajstić information content (AvgIpc) is 2.97. The number of benzene rings is 1. The van der Waals surface area contributed by atoms with Crippen molar-refractivity contribution in [2.45, 2.75) is 73.8 Å². The smallest absolute Gasteiger partial charge is 0.266 e. The van der Waals surface area contributed by atoms with E-state index >= 15 is 0 Å². The van der Waals surface area contributed by atoms with Crippen LogP contribution in [0.5, 0.6) is 5.75 Å². The van der Waals surface area contributed by atoms with Gasteiger partial charge in [-0.05, 0) is 32.4 Å². The van der Waals surface area contributed by atoms with Crippen molar-refractivity contribution in [2.75, 3.05) is 6.61 Å². The maximum atomic E-state index is 12.8. The molecule has 0 aliphatic carbocycles. The molecule has 2 rings (SSSR count). The van der Waals surface area contributed by atoms with Crippen molar-refractivity contribution in [1.82, 2.24) is 4.90 Å². The third kappa shape index (κ3) is 5.75. The molecular weight excluding hydrogens is 358 g/mol. The molecule has 1 unspecified atom stereocenters. The zero-order valence-corrected chi connectivity index (χ0v) is 18.1. The molecule has 1 atom stereocenters. The van der Waals surface area contributed by atoms with Crippen molar-refractivity contribution in [3.05, 3.63) is 29.3 Å². The van der Waals surface area contributed by atoms with E-state index < -0.39 is 17.9 Å². The van der Waals surface area contributed by atoms with E-state index in [0.717, 1.165) is 4.90 Å². The van der Waals surface area contributed by atoms with Crippen molar-refractivity contribution in [1.29, 1.82) is 0 Å². The highest BCUT2D eigenvalue weighted by Crippen LogP contribution is 2.33. The number of Topliss-reactive ketones (excluding diaryl/α,β-unsaturated/α-hetero) is 2. The van der Waals surface area contributed by atoms with E-state index in [1.807, 2.05) is 27.7 Å². The van der Waals surface area contributed by atoms with E-state index in [1.54, 1.807) is 32.0 Å². The molecule has 6 heteroatoms. The number of imide groups is 1. The Balaban J connectivity index is 0.00000171. The lowest BCUT2D eigenvalue weighted by Gasteiger charge is -2.23. The van der Waals surface area contributed by atoms with Gasteiger partial charge in [-0.1, -0.05) is 40.7 Å². The van der Waals surface area contributed by atoms with E-state index in [4.69, 9.17) is 4.74 Å². The summed E-state index contributed by atoms with van der Waals surface area (Å²) in [6.45, 7) is 13.2. The molecule has 1 aliphatic heterocycles. The lowest BCUT2D eigenvalue weighted by Crippen LogP contribution is -2.44. The summed E-state index contributed by atoms with van der Waals surface area (Å²) < 4.78 is 5.43. The van der Waals surface area contributed by atoms with Gasteiger partial charge in [-0.25, -0.2) is 0 Å². The number of carbonyl (C=O) groups is 4. The average molecular weight is 392 g/mol. The number of hydrogen-bond donors (Lipinski definition) is 0. The Morgan fingerprint density at radius 3 is 2.14 bits per heavy atom. The maximum absolute atomic E-state index is 12.8. The Kier molecular flexibility index (Phi) is 11.7. The van der Waals surface area contributed by atoms with Crippen LogP contribution in [0.1, 0.15) is 88.4 Å². The van der Waals surface area contributed by atoms with Gasteiger partial charge in [0.1, 0.15) is 11.5 Å². The number of fused-ring (bicyclic) bond motifs is 1.